The Morgan fingerprint density at radius 3 is 1.66 bits per heavy atom. The van der Waals surface area contributed by atoms with E-state index in [9.17, 15) is 83.6 Å². The van der Waals surface area contributed by atoms with Crippen molar-refractivity contribution in [2.75, 3.05) is 5.32 Å². The van der Waals surface area contributed by atoms with Gasteiger partial charge in [0.25, 0.3) is 6.20 Å². The summed E-state index contributed by atoms with van der Waals surface area (Å²) in [7, 11) is 0. The van der Waals surface area contributed by atoms with Crippen molar-refractivity contribution < 1.29 is 96.6 Å². The monoisotopic (exact) mass is 1380 g/mol. The molecule has 34 heteroatoms. The Labute approximate surface area is 539 Å². The van der Waals surface area contributed by atoms with Crippen molar-refractivity contribution in [3.05, 3.63) is 270 Å². The number of thiazole rings is 3. The minimum absolute atomic E-state index is 0.149. The molecule has 2 aromatic carbocycles. The number of nitro groups is 1. The number of benzene rings is 2. The zero-order valence-electron chi connectivity index (χ0n) is 47.8. The van der Waals surface area contributed by atoms with E-state index >= 15 is 0 Å². The van der Waals surface area contributed by atoms with Crippen LogP contribution in [-0.4, -0.2) is 50.4 Å². The topological polar surface area (TPSA) is 245 Å². The minimum atomic E-state index is -4.46. The molecule has 0 aliphatic carbocycles. The van der Waals surface area contributed by atoms with Crippen LogP contribution in [0.15, 0.2) is 204 Å². The lowest BCUT2D eigenvalue weighted by Crippen LogP contribution is -2.28. The van der Waals surface area contributed by atoms with E-state index in [-0.39, 0.29) is 41.3 Å². The third-order valence-corrected chi connectivity index (χ3v) is 15.1. The Morgan fingerprint density at radius 2 is 1.06 bits per heavy atom. The predicted molar refractivity (Wildman–Crippen MR) is 315 cm³/mol. The van der Waals surface area contributed by atoms with Gasteiger partial charge in [-0.15, -0.1) is 34.0 Å². The van der Waals surface area contributed by atoms with Gasteiger partial charge in [0, 0.05) is 97.6 Å². The number of hydrogen-bond acceptors (Lipinski definition) is 17. The Balaban J connectivity index is 0.000000149. The fourth-order valence-corrected chi connectivity index (χ4v) is 10.8. The highest BCUT2D eigenvalue weighted by Gasteiger charge is 2.34. The molecule has 0 aliphatic rings. The van der Waals surface area contributed by atoms with Crippen molar-refractivity contribution in [1.29, 1.82) is 0 Å². The van der Waals surface area contributed by atoms with Crippen LogP contribution >= 0.6 is 34.0 Å². The van der Waals surface area contributed by atoms with Crippen LogP contribution in [0.3, 0.4) is 0 Å². The lowest BCUT2D eigenvalue weighted by Gasteiger charge is -2.08. The van der Waals surface area contributed by atoms with Gasteiger partial charge in [0.15, 0.2) is 23.0 Å². The van der Waals surface area contributed by atoms with Crippen LogP contribution in [0.25, 0.3) is 45.1 Å². The fourth-order valence-electron chi connectivity index (χ4n) is 8.39. The molecular formula is C61H43F12N12O7S3+3. The Kier molecular flexibility index (Phi) is 21.1. The van der Waals surface area contributed by atoms with Crippen molar-refractivity contribution in [1.82, 2.24) is 29.9 Å². The van der Waals surface area contributed by atoms with E-state index in [0.717, 1.165) is 91.6 Å². The SMILES string of the molecule is O=[N+]([O-])c1cc(-c2csc(Nc3cccc(C(F)(F)F)c3)n2)c[n+]([O-])c1.O[n+]1cccc(-c2cnc(Cc3cccc(C(F)(F)F)c3)o2)c1.O[n+]1cccc(-c2csc(Cc3cccc(C(F)(F)F)n3)n2)c1.O[n+]1cccc(-c2csc(Cc3cncc(C(F)(F)F)c3)n2)c1. The van der Waals surface area contributed by atoms with Gasteiger partial charge in [0.1, 0.15) is 5.69 Å². The first kappa shape index (κ1) is 68.4. The molecule has 10 aromatic heterocycles. The van der Waals surface area contributed by atoms with Crippen LogP contribution in [0.2, 0.25) is 0 Å². The number of hydrogen-bond donors (Lipinski definition) is 4. The van der Waals surface area contributed by atoms with Gasteiger partial charge < -0.3 is 14.9 Å². The van der Waals surface area contributed by atoms with Crippen LogP contribution in [0.1, 0.15) is 55.1 Å². The third kappa shape index (κ3) is 19.5. The highest BCUT2D eigenvalue weighted by molar-refractivity contribution is 7.14. The molecule has 0 spiro atoms. The molecule has 19 nitrogen and oxygen atoms in total. The number of aromatic nitrogens is 10. The molecule has 0 saturated heterocycles. The molecule has 0 atom stereocenters. The van der Waals surface area contributed by atoms with E-state index in [4.69, 9.17) is 4.42 Å². The molecular weight excluding hydrogens is 1340 g/mol. The van der Waals surface area contributed by atoms with E-state index in [1.807, 2.05) is 0 Å². The minimum Gasteiger partial charge on any atom is -0.619 e. The standard InChI is InChI=1S/C16H12F3N2O2.C15H9F3N4O3S.2C15H11F3N3OS/c17-16(18,19)13-5-1-3-11(7-13)8-15-20-9-14(23-15)12-4-2-6-21(22)10-12;16-15(17,18)10-2-1-3-11(5-10)19-14-20-13(8-26-14)9-4-12(22(24)25)7-21(23)6-9;16-15(17,18)13-5-1-4-11(19-13)7-14-20-12(9-23-14)10-3-2-6-21(22)8-10;16-15(17,18)12-4-10(6-19-7-12)5-14-20-13(9-23-14)11-2-1-3-21(22)8-11/h1-7,9-10,22H,8H2;1-8H,(H,19,20);1-6,8-9,22H,7H2;1-4,6-9,22H,5H2/q+1;;2*+1. The number of oxazole rings is 1. The zero-order valence-corrected chi connectivity index (χ0v) is 50.3. The number of nitrogens with zero attached hydrogens (tertiary/aromatic N) is 11. The molecule has 0 aliphatic heterocycles. The zero-order chi connectivity index (χ0) is 68.2. The maximum atomic E-state index is 12.7. The molecule has 488 valence electrons. The lowest BCUT2D eigenvalue weighted by molar-refractivity contribution is -0.904. The Morgan fingerprint density at radius 1 is 0.516 bits per heavy atom. The predicted octanol–water partition coefficient (Wildman–Crippen LogP) is 14.3. The second-order valence-corrected chi connectivity index (χ2v) is 22.5. The molecule has 0 fully saturated rings. The van der Waals surface area contributed by atoms with Gasteiger partial charge in [-0.25, -0.2) is 24.9 Å². The van der Waals surface area contributed by atoms with Gasteiger partial charge in [0.2, 0.25) is 37.2 Å². The first-order valence-electron chi connectivity index (χ1n) is 26.9. The summed E-state index contributed by atoms with van der Waals surface area (Å²) in [5, 5.41) is 60.0. The van der Waals surface area contributed by atoms with Gasteiger partial charge in [-0.3, -0.25) is 30.7 Å². The quantitative estimate of drug-likeness (QED) is 0.0210. The molecule has 0 saturated carbocycles. The maximum absolute atomic E-state index is 12.7. The van der Waals surface area contributed by atoms with Crippen LogP contribution in [0.5, 0.6) is 0 Å². The number of nitrogens with one attached hydrogen (secondary N) is 1. The van der Waals surface area contributed by atoms with E-state index in [2.05, 4.69) is 35.2 Å². The summed E-state index contributed by atoms with van der Waals surface area (Å²) in [5.41, 5.74) is 1.72. The highest BCUT2D eigenvalue weighted by atomic mass is 32.1. The van der Waals surface area contributed by atoms with E-state index in [0.29, 0.717) is 60.2 Å². The second-order valence-electron chi connectivity index (χ2n) is 19.8. The van der Waals surface area contributed by atoms with E-state index in [1.165, 1.54) is 108 Å². The third-order valence-electron chi connectivity index (χ3n) is 12.7. The Hall–Kier alpha value is -11.0. The fraction of sp³-hybridized carbons (Fsp3) is 0.115. The van der Waals surface area contributed by atoms with Gasteiger partial charge in [0.05, 0.1) is 77.2 Å². The van der Waals surface area contributed by atoms with E-state index < -0.39 is 57.7 Å². The van der Waals surface area contributed by atoms with E-state index in [1.54, 1.807) is 59.3 Å². The van der Waals surface area contributed by atoms with Crippen molar-refractivity contribution in [3.63, 3.8) is 0 Å². The smallest absolute Gasteiger partial charge is 0.433 e. The molecule has 12 rings (SSSR count). The second kappa shape index (κ2) is 29.3. The molecule has 0 bridgehead atoms. The van der Waals surface area contributed by atoms with Crippen molar-refractivity contribution >= 4 is 50.5 Å². The maximum Gasteiger partial charge on any atom is 0.433 e. The average Bonchev–Trinajstić information content (AvgIpc) is 1.83. The highest BCUT2D eigenvalue weighted by Crippen LogP contribution is 2.36. The first-order chi connectivity index (χ1) is 45.0. The first-order valence-corrected chi connectivity index (χ1v) is 29.6. The number of alkyl halides is 12. The summed E-state index contributed by atoms with van der Waals surface area (Å²) in [5.74, 6) is 0.725. The van der Waals surface area contributed by atoms with Crippen molar-refractivity contribution in [2.45, 2.75) is 44.0 Å². The summed E-state index contributed by atoms with van der Waals surface area (Å²) in [4.78, 5) is 34.4. The summed E-state index contributed by atoms with van der Waals surface area (Å²) in [6.07, 6.45) is -2.60. The average molecular weight is 1380 g/mol. The molecule has 0 unspecified atom stereocenters. The normalized spacial score (nSPS) is 11.5. The van der Waals surface area contributed by atoms with Crippen LogP contribution < -0.4 is 24.2 Å². The molecule has 95 heavy (non-hydrogen) atoms. The summed E-state index contributed by atoms with van der Waals surface area (Å²) in [6, 6.07) is 26.0. The van der Waals surface area contributed by atoms with Gasteiger partial charge in [-0.2, -0.15) is 57.4 Å². The molecule has 10 heterocycles. The number of anilines is 2. The molecule has 0 radical (unpaired) electrons. The lowest BCUT2D eigenvalue weighted by atomic mass is 10.1. The van der Waals surface area contributed by atoms with Gasteiger partial charge >= 0.3 is 30.4 Å². The van der Waals surface area contributed by atoms with Crippen molar-refractivity contribution in [3.8, 4) is 45.1 Å². The number of halogens is 12. The van der Waals surface area contributed by atoms with Gasteiger partial charge in [-0.1, -0.05) is 30.3 Å². The van der Waals surface area contributed by atoms with Gasteiger partial charge in [-0.05, 0) is 71.8 Å². The Bertz CT molecular complexity index is 4290. The van der Waals surface area contributed by atoms with Crippen LogP contribution in [0, 0.1) is 15.3 Å². The number of rotatable bonds is 13. The molecule has 4 N–H and O–H groups in total. The summed E-state index contributed by atoms with van der Waals surface area (Å²) < 4.78 is 161. The van der Waals surface area contributed by atoms with Crippen LogP contribution in [-0.2, 0) is 44.0 Å². The largest absolute Gasteiger partial charge is 0.619 e. The molecule has 12 aromatic rings. The number of pyridine rings is 6. The summed E-state index contributed by atoms with van der Waals surface area (Å²) in [6.45, 7) is 0. The van der Waals surface area contributed by atoms with Crippen molar-refractivity contribution in [2.24, 2.45) is 0 Å². The molecule has 0 amide bonds. The van der Waals surface area contributed by atoms with Crippen LogP contribution in [0.4, 0.5) is 69.2 Å². The summed E-state index contributed by atoms with van der Waals surface area (Å²) >= 11 is 3.77.